The van der Waals surface area contributed by atoms with Gasteiger partial charge in [0.1, 0.15) is 0 Å². The first-order chi connectivity index (χ1) is 6.50. The first-order valence-electron chi connectivity index (χ1n) is 5.18. The van der Waals surface area contributed by atoms with Gasteiger partial charge in [-0.25, -0.2) is 0 Å². The molecule has 2 heteroatoms. The van der Waals surface area contributed by atoms with Crippen LogP contribution in [0.2, 0.25) is 19.6 Å². The van der Waals surface area contributed by atoms with Gasteiger partial charge >= 0.3 is 0 Å². The highest BCUT2D eigenvalue weighted by atomic mass is 79.9. The molecule has 0 amide bonds. The molecular weight excluding hydrogens is 252 g/mol. The van der Waals surface area contributed by atoms with Crippen molar-refractivity contribution >= 4 is 24.0 Å². The molecule has 0 heterocycles. The Kier molecular flexibility index (Phi) is 4.39. The third-order valence-electron chi connectivity index (χ3n) is 2.47. The summed E-state index contributed by atoms with van der Waals surface area (Å²) < 4.78 is 0.732. The van der Waals surface area contributed by atoms with Crippen molar-refractivity contribution in [3.05, 3.63) is 35.9 Å². The van der Waals surface area contributed by atoms with Crippen LogP contribution in [0.1, 0.15) is 12.0 Å². The zero-order chi connectivity index (χ0) is 10.6. The number of benzene rings is 1. The molecule has 0 saturated heterocycles. The molecule has 1 atom stereocenters. The smallest absolute Gasteiger partial charge is 0.0595 e. The molecule has 0 aromatic heterocycles. The summed E-state index contributed by atoms with van der Waals surface area (Å²) in [4.78, 5) is 0. The fourth-order valence-corrected chi connectivity index (χ4v) is 2.61. The predicted octanol–water partition coefficient (Wildman–Crippen LogP) is 4.26. The third kappa shape index (κ3) is 3.97. The van der Waals surface area contributed by atoms with E-state index in [1.165, 1.54) is 18.4 Å². The van der Waals surface area contributed by atoms with Gasteiger partial charge < -0.3 is 0 Å². The minimum atomic E-state index is -0.998. The number of aryl methyl sites for hydroxylation is 1. The highest BCUT2D eigenvalue weighted by Crippen LogP contribution is 2.21. The summed E-state index contributed by atoms with van der Waals surface area (Å²) in [5.74, 6) is 0. The molecule has 0 aliphatic rings. The highest BCUT2D eigenvalue weighted by molar-refractivity contribution is 9.10. The van der Waals surface area contributed by atoms with Crippen LogP contribution in [-0.2, 0) is 6.42 Å². The van der Waals surface area contributed by atoms with Crippen molar-refractivity contribution in [3.63, 3.8) is 0 Å². The fraction of sp³-hybridized carbons (Fsp3) is 0.500. The van der Waals surface area contributed by atoms with E-state index in [4.69, 9.17) is 0 Å². The Morgan fingerprint density at radius 2 is 1.71 bits per heavy atom. The maximum Gasteiger partial charge on any atom is 0.0595 e. The molecule has 78 valence electrons. The van der Waals surface area contributed by atoms with Gasteiger partial charge in [-0.2, -0.15) is 0 Å². The lowest BCUT2D eigenvalue weighted by Crippen LogP contribution is -2.33. The fourth-order valence-electron chi connectivity index (χ4n) is 1.37. The van der Waals surface area contributed by atoms with Gasteiger partial charge in [0.15, 0.2) is 0 Å². The van der Waals surface area contributed by atoms with Crippen LogP contribution in [-0.4, -0.2) is 12.5 Å². The quantitative estimate of drug-likeness (QED) is 0.567. The summed E-state index contributed by atoms with van der Waals surface area (Å²) in [6, 6.07) is 10.7. The molecule has 0 aliphatic carbocycles. The molecule has 0 nitrogen and oxygen atoms in total. The average Bonchev–Trinajstić information content (AvgIpc) is 2.14. The van der Waals surface area contributed by atoms with Gasteiger partial charge in [0.25, 0.3) is 0 Å². The second-order valence-corrected chi connectivity index (χ2v) is 12.2. The Bertz CT molecular complexity index is 263. The average molecular weight is 271 g/mol. The Balaban J connectivity index is 2.42. The first-order valence-corrected chi connectivity index (χ1v) is 9.67. The Morgan fingerprint density at radius 1 is 1.14 bits per heavy atom. The number of rotatable bonds is 4. The number of hydrogen-bond donors (Lipinski definition) is 0. The summed E-state index contributed by atoms with van der Waals surface area (Å²) >= 11 is 3.82. The lowest BCUT2D eigenvalue weighted by atomic mass is 10.1. The zero-order valence-corrected chi connectivity index (χ0v) is 11.8. The summed E-state index contributed by atoms with van der Waals surface area (Å²) in [6.07, 6.45) is 2.46. The van der Waals surface area contributed by atoms with Gasteiger partial charge in [0.05, 0.1) is 8.07 Å². The maximum atomic E-state index is 3.82. The SMILES string of the molecule is C[Si](C)(C)[C@@H](Br)CCc1ccccc1. The lowest BCUT2D eigenvalue weighted by molar-refractivity contribution is 0.886. The van der Waals surface area contributed by atoms with Crippen molar-refractivity contribution in [3.8, 4) is 0 Å². The molecule has 0 bridgehead atoms. The van der Waals surface area contributed by atoms with E-state index in [1.807, 2.05) is 0 Å². The molecule has 1 aromatic rings. The normalized spacial score (nSPS) is 14.0. The van der Waals surface area contributed by atoms with Gasteiger partial charge in [0.2, 0.25) is 0 Å². The van der Waals surface area contributed by atoms with E-state index in [0.717, 1.165) is 4.45 Å². The lowest BCUT2D eigenvalue weighted by Gasteiger charge is -2.23. The van der Waals surface area contributed by atoms with Crippen LogP contribution < -0.4 is 0 Å². The van der Waals surface area contributed by atoms with Crippen LogP contribution in [0.4, 0.5) is 0 Å². The van der Waals surface area contributed by atoms with E-state index in [-0.39, 0.29) is 0 Å². The Labute approximate surface area is 96.9 Å². The van der Waals surface area contributed by atoms with Crippen LogP contribution in [0.15, 0.2) is 30.3 Å². The van der Waals surface area contributed by atoms with Crippen molar-refractivity contribution in [2.24, 2.45) is 0 Å². The summed E-state index contributed by atoms with van der Waals surface area (Å²) in [6.45, 7) is 7.24. The van der Waals surface area contributed by atoms with Crippen LogP contribution >= 0.6 is 15.9 Å². The topological polar surface area (TPSA) is 0 Å². The zero-order valence-electron chi connectivity index (χ0n) is 9.26. The van der Waals surface area contributed by atoms with E-state index in [1.54, 1.807) is 0 Å². The number of hydrogen-bond acceptors (Lipinski definition) is 0. The Hall–Kier alpha value is -0.0831. The van der Waals surface area contributed by atoms with Crippen LogP contribution in [0.5, 0.6) is 0 Å². The molecule has 0 saturated carbocycles. The van der Waals surface area contributed by atoms with Gasteiger partial charge in [-0.3, -0.25) is 0 Å². The molecule has 0 unspecified atom stereocenters. The van der Waals surface area contributed by atoms with E-state index < -0.39 is 8.07 Å². The summed E-state index contributed by atoms with van der Waals surface area (Å²) in [5, 5.41) is 0. The summed E-state index contributed by atoms with van der Waals surface area (Å²) in [5.41, 5.74) is 1.45. The monoisotopic (exact) mass is 270 g/mol. The third-order valence-corrected chi connectivity index (χ3v) is 9.22. The molecule has 0 fully saturated rings. The van der Waals surface area contributed by atoms with E-state index in [2.05, 4.69) is 65.9 Å². The van der Waals surface area contributed by atoms with E-state index >= 15 is 0 Å². The number of alkyl halides is 1. The van der Waals surface area contributed by atoms with Crippen LogP contribution in [0, 0.1) is 0 Å². The molecule has 0 aliphatic heterocycles. The summed E-state index contributed by atoms with van der Waals surface area (Å²) in [7, 11) is -0.998. The maximum absolute atomic E-state index is 3.82. The Morgan fingerprint density at radius 3 is 2.21 bits per heavy atom. The van der Waals surface area contributed by atoms with Gasteiger partial charge in [-0.05, 0) is 18.4 Å². The van der Waals surface area contributed by atoms with Crippen molar-refractivity contribution in [2.75, 3.05) is 0 Å². The van der Waals surface area contributed by atoms with E-state index in [9.17, 15) is 0 Å². The molecular formula is C12H19BrSi. The predicted molar refractivity (Wildman–Crippen MR) is 70.8 cm³/mol. The molecule has 1 aromatic carbocycles. The van der Waals surface area contributed by atoms with Gasteiger partial charge in [0, 0.05) is 4.45 Å². The van der Waals surface area contributed by atoms with Crippen molar-refractivity contribution in [1.29, 1.82) is 0 Å². The molecule has 0 radical (unpaired) electrons. The standard InChI is InChI=1S/C12H19BrSi/c1-14(2,3)12(13)10-9-11-7-5-4-6-8-11/h4-8,12H,9-10H2,1-3H3/t12-/m1/s1. The van der Waals surface area contributed by atoms with Crippen LogP contribution in [0.25, 0.3) is 0 Å². The molecule has 0 spiro atoms. The second kappa shape index (κ2) is 5.13. The van der Waals surface area contributed by atoms with Crippen LogP contribution in [0.3, 0.4) is 0 Å². The molecule has 0 N–H and O–H groups in total. The molecule has 14 heavy (non-hydrogen) atoms. The van der Waals surface area contributed by atoms with Crippen molar-refractivity contribution < 1.29 is 0 Å². The molecule has 1 rings (SSSR count). The van der Waals surface area contributed by atoms with Gasteiger partial charge in [-0.1, -0.05) is 65.9 Å². The second-order valence-electron chi connectivity index (χ2n) is 4.86. The van der Waals surface area contributed by atoms with E-state index in [0.29, 0.717) is 0 Å². The largest absolute Gasteiger partial charge is 0.0925 e. The number of halogens is 1. The minimum absolute atomic E-state index is 0.732. The highest BCUT2D eigenvalue weighted by Gasteiger charge is 2.23. The minimum Gasteiger partial charge on any atom is -0.0925 e. The van der Waals surface area contributed by atoms with Gasteiger partial charge in [-0.15, -0.1) is 0 Å². The van der Waals surface area contributed by atoms with Crippen molar-refractivity contribution in [2.45, 2.75) is 36.9 Å². The first kappa shape index (κ1) is 12.0. The van der Waals surface area contributed by atoms with Crippen molar-refractivity contribution in [1.82, 2.24) is 0 Å².